The molecular formula is C50H54N8O7. The van der Waals surface area contributed by atoms with Gasteiger partial charge in [-0.15, -0.1) is 0 Å². The molecule has 0 spiro atoms. The minimum absolute atomic E-state index is 0.204. The number of nitrogens with zero attached hydrogens (tertiary/aromatic N) is 4. The van der Waals surface area contributed by atoms with E-state index in [1.807, 2.05) is 92.7 Å². The zero-order chi connectivity index (χ0) is 45.5. The van der Waals surface area contributed by atoms with Gasteiger partial charge in [0.25, 0.3) is 5.91 Å². The summed E-state index contributed by atoms with van der Waals surface area (Å²) in [5, 5.41) is 2.77. The van der Waals surface area contributed by atoms with Crippen LogP contribution in [0.1, 0.15) is 74.4 Å². The maximum absolute atomic E-state index is 14.2. The van der Waals surface area contributed by atoms with Gasteiger partial charge < -0.3 is 45.0 Å². The smallest absolute Gasteiger partial charge is 0.407 e. The minimum Gasteiger partial charge on any atom is -0.489 e. The van der Waals surface area contributed by atoms with Gasteiger partial charge in [0.15, 0.2) is 6.10 Å². The van der Waals surface area contributed by atoms with Crippen LogP contribution < -0.4 is 15.8 Å². The third-order valence-electron chi connectivity index (χ3n) is 12.1. The normalized spacial score (nSPS) is 16.9. The number of aromatic nitrogens is 4. The summed E-state index contributed by atoms with van der Waals surface area (Å²) in [5.74, 6) is 1.38. The molecule has 4 heterocycles. The molecule has 0 aliphatic carbocycles. The Kier molecular flexibility index (Phi) is 13.6. The van der Waals surface area contributed by atoms with E-state index in [1.54, 1.807) is 22.2 Å². The molecule has 4 atom stereocenters. The van der Waals surface area contributed by atoms with Gasteiger partial charge in [-0.2, -0.15) is 0 Å². The molecule has 0 bridgehead atoms. The van der Waals surface area contributed by atoms with Gasteiger partial charge in [0.05, 0.1) is 43.0 Å². The van der Waals surface area contributed by atoms with E-state index in [-0.39, 0.29) is 36.2 Å². The lowest BCUT2D eigenvalue weighted by Crippen LogP contribution is -2.49. The van der Waals surface area contributed by atoms with Gasteiger partial charge in [-0.3, -0.25) is 9.59 Å². The summed E-state index contributed by atoms with van der Waals surface area (Å²) in [4.78, 5) is 71.4. The minimum atomic E-state index is -0.967. The van der Waals surface area contributed by atoms with Crippen LogP contribution in [0, 0.1) is 5.92 Å². The number of carbonyl (C=O) groups excluding carboxylic acids is 4. The number of rotatable bonds is 15. The molecule has 2 aliphatic rings. The van der Waals surface area contributed by atoms with Gasteiger partial charge in [0.2, 0.25) is 5.91 Å². The third kappa shape index (κ3) is 10.4. The topological polar surface area (TPSA) is 198 Å². The van der Waals surface area contributed by atoms with Crippen molar-refractivity contribution in [1.29, 1.82) is 0 Å². The van der Waals surface area contributed by atoms with Gasteiger partial charge in [-0.1, -0.05) is 105 Å². The first kappa shape index (κ1) is 44.2. The zero-order valence-corrected chi connectivity index (χ0v) is 36.7. The quantitative estimate of drug-likeness (QED) is 0.0787. The molecule has 0 saturated carbocycles. The molecule has 2 fully saturated rings. The monoisotopic (exact) mass is 878 g/mol. The van der Waals surface area contributed by atoms with Crippen molar-refractivity contribution in [2.24, 2.45) is 11.7 Å². The summed E-state index contributed by atoms with van der Waals surface area (Å²) in [6.07, 6.45) is 4.34. The summed E-state index contributed by atoms with van der Waals surface area (Å²) in [6, 6.07) is 32.5. The van der Waals surface area contributed by atoms with E-state index in [0.717, 1.165) is 70.5 Å². The first-order valence-corrected chi connectivity index (χ1v) is 22.0. The molecule has 15 heteroatoms. The van der Waals surface area contributed by atoms with Crippen LogP contribution in [0.15, 0.2) is 116 Å². The van der Waals surface area contributed by atoms with Gasteiger partial charge in [-0.05, 0) is 77.1 Å². The Hall–Kier alpha value is -7.42. The second-order valence-electron chi connectivity index (χ2n) is 16.8. The number of alkyl carbamates (subject to hydrolysis) is 1. The van der Waals surface area contributed by atoms with Gasteiger partial charge >= 0.3 is 12.2 Å². The van der Waals surface area contributed by atoms with E-state index in [2.05, 4.69) is 44.5 Å². The highest BCUT2D eigenvalue weighted by Crippen LogP contribution is 2.35. The van der Waals surface area contributed by atoms with Gasteiger partial charge in [0, 0.05) is 19.5 Å². The number of ether oxygens (including phenoxy) is 3. The average molecular weight is 879 g/mol. The number of H-pyrrole nitrogens is 2. The van der Waals surface area contributed by atoms with E-state index in [4.69, 9.17) is 24.9 Å². The fraction of sp³-hybridized carbons (Fsp3) is 0.320. The van der Waals surface area contributed by atoms with Crippen molar-refractivity contribution in [3.8, 4) is 39.4 Å². The van der Waals surface area contributed by atoms with E-state index >= 15 is 0 Å². The Bertz CT molecular complexity index is 2570. The van der Waals surface area contributed by atoms with Crippen molar-refractivity contribution in [1.82, 2.24) is 35.1 Å². The highest BCUT2D eigenvalue weighted by Gasteiger charge is 2.39. The van der Waals surface area contributed by atoms with E-state index in [9.17, 15) is 19.2 Å². The van der Waals surface area contributed by atoms with Gasteiger partial charge in [0.1, 0.15) is 30.0 Å². The second kappa shape index (κ2) is 20.0. The number of carbonyl (C=O) groups is 4. The Morgan fingerprint density at radius 1 is 0.708 bits per heavy atom. The number of methoxy groups -OCH3 is 1. The molecule has 4 amide bonds. The number of benzene rings is 4. The fourth-order valence-electron chi connectivity index (χ4n) is 8.68. The molecule has 4 aromatic carbocycles. The van der Waals surface area contributed by atoms with E-state index < -0.39 is 24.3 Å². The first-order chi connectivity index (χ1) is 31.5. The van der Waals surface area contributed by atoms with Crippen molar-refractivity contribution in [3.05, 3.63) is 138 Å². The molecule has 5 N–H and O–H groups in total. The highest BCUT2D eigenvalue weighted by molar-refractivity contribution is 5.87. The number of nitrogens with one attached hydrogen (secondary N) is 3. The van der Waals surface area contributed by atoms with Crippen molar-refractivity contribution < 1.29 is 33.4 Å². The van der Waals surface area contributed by atoms with Crippen LogP contribution in [0.4, 0.5) is 9.59 Å². The molecule has 15 nitrogen and oxygen atoms in total. The van der Waals surface area contributed by atoms with Crippen molar-refractivity contribution in [2.45, 2.75) is 76.8 Å². The second-order valence-corrected chi connectivity index (χ2v) is 16.8. The Labute approximate surface area is 377 Å². The molecule has 0 radical (unpaired) electrons. The van der Waals surface area contributed by atoms with Crippen molar-refractivity contribution in [3.63, 3.8) is 0 Å². The Morgan fingerprint density at radius 3 is 1.74 bits per heavy atom. The number of amides is 4. The lowest BCUT2D eigenvalue weighted by molar-refractivity contribution is -0.143. The summed E-state index contributed by atoms with van der Waals surface area (Å²) < 4.78 is 16.0. The van der Waals surface area contributed by atoms with E-state index in [1.165, 1.54) is 7.11 Å². The first-order valence-electron chi connectivity index (χ1n) is 22.0. The SMILES string of the molecule is COC(=O)N[C@@H](Cc1ccc(OCc2ccccc2)cc1)C(=O)N1CCC[C@H]1c1ncc(-c2ccc(-c3ccc(-c4cnc([C@@H]5CCCN5C(=O)[C@@H](OC(N)=O)C(C)C)[nH]4)cc3)cc2)[nH]1. The summed E-state index contributed by atoms with van der Waals surface area (Å²) in [6.45, 7) is 5.17. The molecule has 2 aromatic heterocycles. The predicted octanol–water partition coefficient (Wildman–Crippen LogP) is 8.13. The number of hydrogen-bond donors (Lipinski definition) is 4. The van der Waals surface area contributed by atoms with Crippen LogP contribution in [0.2, 0.25) is 0 Å². The van der Waals surface area contributed by atoms with E-state index in [0.29, 0.717) is 37.1 Å². The maximum atomic E-state index is 14.2. The Balaban J connectivity index is 0.896. The summed E-state index contributed by atoms with van der Waals surface area (Å²) in [7, 11) is 1.28. The lowest BCUT2D eigenvalue weighted by Gasteiger charge is -2.29. The number of primary amides is 1. The molecule has 2 saturated heterocycles. The standard InChI is InChI=1S/C50H54N8O7/c1-31(2)44(65-49(51)61)48(60)58-26-8-12-43(58)46-53-29-41(55-46)37-21-17-35(18-22-37)34-15-19-36(20-16-34)40-28-52-45(54-40)42-11-7-25-57(42)47(59)39(56-50(62)63-3)27-32-13-23-38(24-14-32)64-30-33-9-5-4-6-10-33/h4-6,9-10,13-24,28-29,31,39,42-44H,7-8,11-12,25-27,30H2,1-3H3,(H2,51,61)(H,52,54)(H,53,55)(H,56,62)/t39-,42-,43-,44-/m0/s1. The summed E-state index contributed by atoms with van der Waals surface area (Å²) in [5.41, 5.74) is 12.8. The molecular weight excluding hydrogens is 825 g/mol. The number of likely N-dealkylation sites (tertiary alicyclic amines) is 2. The molecule has 6 aromatic rings. The Morgan fingerprint density at radius 2 is 1.23 bits per heavy atom. The number of aromatic amines is 2. The van der Waals surface area contributed by atoms with Crippen molar-refractivity contribution in [2.75, 3.05) is 20.2 Å². The predicted molar refractivity (Wildman–Crippen MR) is 244 cm³/mol. The van der Waals surface area contributed by atoms with Gasteiger partial charge in [-0.25, -0.2) is 19.6 Å². The lowest BCUT2D eigenvalue weighted by atomic mass is 10.0. The molecule has 0 unspecified atom stereocenters. The summed E-state index contributed by atoms with van der Waals surface area (Å²) >= 11 is 0. The molecule has 2 aliphatic heterocycles. The molecule has 65 heavy (non-hydrogen) atoms. The third-order valence-corrected chi connectivity index (χ3v) is 12.1. The van der Waals surface area contributed by atoms with Crippen molar-refractivity contribution >= 4 is 24.0 Å². The molecule has 336 valence electrons. The van der Waals surface area contributed by atoms with Crippen LogP contribution in [0.3, 0.4) is 0 Å². The maximum Gasteiger partial charge on any atom is 0.407 e. The average Bonchev–Trinajstić information content (AvgIpc) is 4.18. The fourth-order valence-corrected chi connectivity index (χ4v) is 8.68. The van der Waals surface area contributed by atoms with Crippen LogP contribution in [-0.4, -0.2) is 86.1 Å². The van der Waals surface area contributed by atoms with Crippen LogP contribution in [0.5, 0.6) is 5.75 Å². The highest BCUT2D eigenvalue weighted by atomic mass is 16.6. The van der Waals surface area contributed by atoms with Crippen LogP contribution >= 0.6 is 0 Å². The largest absolute Gasteiger partial charge is 0.489 e. The molecule has 8 rings (SSSR count). The van der Waals surface area contributed by atoms with Crippen LogP contribution in [0.25, 0.3) is 33.6 Å². The van der Waals surface area contributed by atoms with Crippen LogP contribution in [-0.2, 0) is 32.1 Å². The number of nitrogens with two attached hydrogens (primary N) is 1. The number of imidazole rings is 2. The zero-order valence-electron chi connectivity index (χ0n) is 36.7. The number of hydrogen-bond acceptors (Lipinski definition) is 9.